The van der Waals surface area contributed by atoms with Gasteiger partial charge in [0.15, 0.2) is 0 Å². The molecule has 1 amide bonds. The number of carbonyl (C=O) groups is 1. The van der Waals surface area contributed by atoms with E-state index in [2.05, 4.69) is 41.8 Å². The molecule has 2 heterocycles. The smallest absolute Gasteiger partial charge is 0.257 e. The summed E-state index contributed by atoms with van der Waals surface area (Å²) in [5.74, 6) is 0.839. The van der Waals surface area contributed by atoms with Crippen molar-refractivity contribution in [2.75, 3.05) is 46.4 Å². The van der Waals surface area contributed by atoms with Crippen molar-refractivity contribution in [1.82, 2.24) is 14.8 Å². The summed E-state index contributed by atoms with van der Waals surface area (Å²) in [5, 5.41) is 6.53. The standard InChI is InChI=1S/C25H32N4O2/c1-4-27-12-14-28(15-13-27)18-25(30)29-23(21-10-5-6-11-24(21)31-3)17-22(26-29)20-9-7-8-19(2)16-20/h5-11,16,23H,4,12-15,17-18H2,1-3H3/t23-/m1/s1. The van der Waals surface area contributed by atoms with E-state index in [9.17, 15) is 4.79 Å². The lowest BCUT2D eigenvalue weighted by molar-refractivity contribution is -0.134. The Morgan fingerprint density at radius 3 is 2.52 bits per heavy atom. The second-order valence-electron chi connectivity index (χ2n) is 8.33. The number of carbonyl (C=O) groups excluding carboxylic acids is 1. The van der Waals surface area contributed by atoms with Gasteiger partial charge < -0.3 is 9.64 Å². The third kappa shape index (κ3) is 4.81. The molecule has 2 aliphatic heterocycles. The highest BCUT2D eigenvalue weighted by Crippen LogP contribution is 2.37. The first-order valence-corrected chi connectivity index (χ1v) is 11.1. The van der Waals surface area contributed by atoms with Gasteiger partial charge in [0.1, 0.15) is 5.75 Å². The molecular formula is C25H32N4O2. The summed E-state index contributed by atoms with van der Waals surface area (Å²) in [5.41, 5.74) is 4.21. The second-order valence-corrected chi connectivity index (χ2v) is 8.33. The topological polar surface area (TPSA) is 48.4 Å². The number of hydrogen-bond donors (Lipinski definition) is 0. The van der Waals surface area contributed by atoms with Gasteiger partial charge in [0.05, 0.1) is 25.4 Å². The van der Waals surface area contributed by atoms with E-state index in [0.717, 1.165) is 55.3 Å². The van der Waals surface area contributed by atoms with Crippen LogP contribution in [0.15, 0.2) is 53.6 Å². The predicted octanol–water partition coefficient (Wildman–Crippen LogP) is 3.32. The zero-order valence-electron chi connectivity index (χ0n) is 18.8. The van der Waals surface area contributed by atoms with E-state index in [4.69, 9.17) is 9.84 Å². The monoisotopic (exact) mass is 420 g/mol. The van der Waals surface area contributed by atoms with Crippen LogP contribution in [0.5, 0.6) is 5.75 Å². The molecule has 31 heavy (non-hydrogen) atoms. The van der Waals surface area contributed by atoms with Crippen molar-refractivity contribution in [3.05, 3.63) is 65.2 Å². The number of rotatable bonds is 6. The lowest BCUT2D eigenvalue weighted by Gasteiger charge is -2.34. The normalized spacial score (nSPS) is 20.0. The zero-order valence-corrected chi connectivity index (χ0v) is 18.8. The first kappa shape index (κ1) is 21.5. The number of ether oxygens (including phenoxy) is 1. The van der Waals surface area contributed by atoms with Gasteiger partial charge in [0.2, 0.25) is 0 Å². The van der Waals surface area contributed by atoms with Crippen molar-refractivity contribution in [2.45, 2.75) is 26.3 Å². The van der Waals surface area contributed by atoms with Gasteiger partial charge in [-0.2, -0.15) is 5.10 Å². The molecule has 1 atom stereocenters. The SMILES string of the molecule is CCN1CCN(CC(=O)N2N=C(c3cccc(C)c3)C[C@@H]2c2ccccc2OC)CC1. The summed E-state index contributed by atoms with van der Waals surface area (Å²) in [6.07, 6.45) is 0.680. The Balaban J connectivity index is 1.59. The maximum atomic E-state index is 13.4. The maximum Gasteiger partial charge on any atom is 0.257 e. The van der Waals surface area contributed by atoms with Crippen molar-refractivity contribution in [3.63, 3.8) is 0 Å². The number of hydrazone groups is 1. The quantitative estimate of drug-likeness (QED) is 0.719. The number of para-hydroxylation sites is 1. The van der Waals surface area contributed by atoms with Crippen LogP contribution in [0.2, 0.25) is 0 Å². The summed E-state index contributed by atoms with van der Waals surface area (Å²) < 4.78 is 5.62. The molecule has 2 aliphatic rings. The molecule has 164 valence electrons. The maximum absolute atomic E-state index is 13.4. The van der Waals surface area contributed by atoms with Gasteiger partial charge in [0, 0.05) is 38.2 Å². The summed E-state index contributed by atoms with van der Waals surface area (Å²) in [4.78, 5) is 18.1. The first-order chi connectivity index (χ1) is 15.1. The summed E-state index contributed by atoms with van der Waals surface area (Å²) in [7, 11) is 1.68. The van der Waals surface area contributed by atoms with Gasteiger partial charge in [-0.1, -0.05) is 55.0 Å². The van der Waals surface area contributed by atoms with E-state index in [0.29, 0.717) is 13.0 Å². The van der Waals surface area contributed by atoms with Crippen LogP contribution in [0, 0.1) is 6.92 Å². The summed E-state index contributed by atoms with van der Waals surface area (Å²) in [6, 6.07) is 16.1. The van der Waals surface area contributed by atoms with E-state index in [1.807, 2.05) is 30.3 Å². The van der Waals surface area contributed by atoms with Crippen LogP contribution in [-0.2, 0) is 4.79 Å². The number of amides is 1. The van der Waals surface area contributed by atoms with E-state index >= 15 is 0 Å². The molecule has 0 aromatic heterocycles. The average Bonchev–Trinajstić information content (AvgIpc) is 3.25. The van der Waals surface area contributed by atoms with E-state index in [-0.39, 0.29) is 11.9 Å². The molecule has 6 nitrogen and oxygen atoms in total. The summed E-state index contributed by atoms with van der Waals surface area (Å²) >= 11 is 0. The molecule has 1 fully saturated rings. The third-order valence-corrected chi connectivity index (χ3v) is 6.29. The average molecular weight is 421 g/mol. The Morgan fingerprint density at radius 1 is 1.06 bits per heavy atom. The Morgan fingerprint density at radius 2 is 1.81 bits per heavy atom. The molecule has 0 spiro atoms. The molecule has 0 aliphatic carbocycles. The van der Waals surface area contributed by atoms with Crippen LogP contribution in [0.1, 0.15) is 36.1 Å². The minimum absolute atomic E-state index is 0.0449. The number of nitrogens with zero attached hydrogens (tertiary/aromatic N) is 4. The Labute approximate surface area is 185 Å². The highest BCUT2D eigenvalue weighted by molar-refractivity contribution is 6.03. The number of hydrogen-bond acceptors (Lipinski definition) is 5. The van der Waals surface area contributed by atoms with Crippen LogP contribution in [0.3, 0.4) is 0 Å². The molecular weight excluding hydrogens is 388 g/mol. The van der Waals surface area contributed by atoms with Crippen LogP contribution in [-0.4, -0.2) is 72.8 Å². The molecule has 0 bridgehead atoms. The molecule has 0 N–H and O–H groups in total. The largest absolute Gasteiger partial charge is 0.496 e. The second kappa shape index (κ2) is 9.62. The lowest BCUT2D eigenvalue weighted by atomic mass is 9.97. The van der Waals surface area contributed by atoms with Crippen molar-refractivity contribution >= 4 is 11.6 Å². The first-order valence-electron chi connectivity index (χ1n) is 11.1. The molecule has 4 rings (SSSR count). The molecule has 2 aromatic carbocycles. The third-order valence-electron chi connectivity index (χ3n) is 6.29. The molecule has 0 radical (unpaired) electrons. The fourth-order valence-corrected chi connectivity index (χ4v) is 4.45. The van der Waals surface area contributed by atoms with Gasteiger partial charge >= 0.3 is 0 Å². The predicted molar refractivity (Wildman–Crippen MR) is 123 cm³/mol. The minimum Gasteiger partial charge on any atom is -0.496 e. The minimum atomic E-state index is -0.156. The molecule has 6 heteroatoms. The van der Waals surface area contributed by atoms with Crippen LogP contribution in [0.25, 0.3) is 0 Å². The van der Waals surface area contributed by atoms with Crippen molar-refractivity contribution in [3.8, 4) is 5.75 Å². The van der Waals surface area contributed by atoms with Gasteiger partial charge in [-0.05, 0) is 25.1 Å². The fourth-order valence-electron chi connectivity index (χ4n) is 4.45. The summed E-state index contributed by atoms with van der Waals surface area (Å²) in [6.45, 7) is 9.58. The van der Waals surface area contributed by atoms with Gasteiger partial charge in [-0.3, -0.25) is 9.69 Å². The van der Waals surface area contributed by atoms with Crippen LogP contribution < -0.4 is 4.74 Å². The zero-order chi connectivity index (χ0) is 21.8. The van der Waals surface area contributed by atoms with Gasteiger partial charge in [-0.15, -0.1) is 0 Å². The van der Waals surface area contributed by atoms with Crippen LogP contribution >= 0.6 is 0 Å². The highest BCUT2D eigenvalue weighted by Gasteiger charge is 2.35. The molecule has 0 saturated carbocycles. The fraction of sp³-hybridized carbons (Fsp3) is 0.440. The van der Waals surface area contributed by atoms with Crippen molar-refractivity contribution in [2.24, 2.45) is 5.10 Å². The van der Waals surface area contributed by atoms with E-state index < -0.39 is 0 Å². The van der Waals surface area contributed by atoms with E-state index in [1.54, 1.807) is 12.1 Å². The van der Waals surface area contributed by atoms with Gasteiger partial charge in [0.25, 0.3) is 5.91 Å². The number of benzene rings is 2. The number of methoxy groups -OCH3 is 1. The van der Waals surface area contributed by atoms with Crippen molar-refractivity contribution in [1.29, 1.82) is 0 Å². The number of aryl methyl sites for hydroxylation is 1. The Bertz CT molecular complexity index is 950. The molecule has 2 aromatic rings. The number of likely N-dealkylation sites (N-methyl/N-ethyl adjacent to an activating group) is 1. The Hall–Kier alpha value is -2.70. The Kier molecular flexibility index (Phi) is 6.68. The highest BCUT2D eigenvalue weighted by atomic mass is 16.5. The van der Waals surface area contributed by atoms with E-state index in [1.165, 1.54) is 5.56 Å². The van der Waals surface area contributed by atoms with Crippen molar-refractivity contribution < 1.29 is 9.53 Å². The lowest BCUT2D eigenvalue weighted by Crippen LogP contribution is -2.49. The van der Waals surface area contributed by atoms with Crippen LogP contribution in [0.4, 0.5) is 0 Å². The molecule has 1 saturated heterocycles. The van der Waals surface area contributed by atoms with Gasteiger partial charge in [-0.25, -0.2) is 5.01 Å². The molecule has 0 unspecified atom stereocenters. The number of piperazine rings is 1.